The van der Waals surface area contributed by atoms with Crippen molar-refractivity contribution >= 4 is 44.9 Å². The van der Waals surface area contributed by atoms with E-state index in [2.05, 4.69) is 85.3 Å². The Kier molecular flexibility index (Phi) is 7.72. The molecule has 1 amide bonds. The number of rotatable bonds is 9. The maximum Gasteiger partial charge on any atom is 0.234 e. The molecule has 2 aromatic heterocycles. The van der Waals surface area contributed by atoms with Gasteiger partial charge in [0.2, 0.25) is 5.91 Å². The average Bonchev–Trinajstić information content (AvgIpc) is 3.52. The normalized spacial score (nSPS) is 11.3. The van der Waals surface area contributed by atoms with Gasteiger partial charge in [-0.05, 0) is 60.4 Å². The molecule has 0 aliphatic heterocycles. The van der Waals surface area contributed by atoms with Gasteiger partial charge < -0.3 is 5.32 Å². The summed E-state index contributed by atoms with van der Waals surface area (Å²) >= 11 is 3.04. The molecular weight excluding hydrogens is 510 g/mol. The number of hydrogen-bond acceptors (Lipinski definition) is 6. The maximum atomic E-state index is 12.7. The third kappa shape index (κ3) is 5.71. The number of benzene rings is 3. The minimum Gasteiger partial charge on any atom is -0.325 e. The Hall–Kier alpha value is -3.75. The van der Waals surface area contributed by atoms with E-state index < -0.39 is 0 Å². The van der Waals surface area contributed by atoms with Crippen molar-refractivity contribution < 1.29 is 4.79 Å². The fourth-order valence-electron chi connectivity index (χ4n) is 4.10. The van der Waals surface area contributed by atoms with Crippen LogP contribution in [0.25, 0.3) is 32.2 Å². The van der Waals surface area contributed by atoms with Crippen LogP contribution in [0.15, 0.2) is 84.5 Å². The highest BCUT2D eigenvalue weighted by Crippen LogP contribution is 2.31. The molecular formula is C30H29N5OS2. The molecule has 0 bridgehead atoms. The molecule has 0 radical (unpaired) electrons. The Balaban J connectivity index is 1.23. The first kappa shape index (κ1) is 25.9. The van der Waals surface area contributed by atoms with E-state index in [-0.39, 0.29) is 11.7 Å². The van der Waals surface area contributed by atoms with Crippen molar-refractivity contribution in [1.82, 2.24) is 19.7 Å². The van der Waals surface area contributed by atoms with Gasteiger partial charge in [-0.25, -0.2) is 4.98 Å². The third-order valence-electron chi connectivity index (χ3n) is 6.16. The number of aromatic nitrogens is 4. The first-order chi connectivity index (χ1) is 18.4. The zero-order valence-corrected chi connectivity index (χ0v) is 23.3. The van der Waals surface area contributed by atoms with Crippen LogP contribution < -0.4 is 5.32 Å². The van der Waals surface area contributed by atoms with Crippen molar-refractivity contribution in [2.75, 3.05) is 11.1 Å². The van der Waals surface area contributed by atoms with Crippen molar-refractivity contribution in [3.63, 3.8) is 0 Å². The molecule has 0 unspecified atom stereocenters. The maximum absolute atomic E-state index is 12.7. The largest absolute Gasteiger partial charge is 0.325 e. The summed E-state index contributed by atoms with van der Waals surface area (Å²) in [6.07, 6.45) is 1.81. The second-order valence-electron chi connectivity index (χ2n) is 9.39. The van der Waals surface area contributed by atoms with E-state index in [1.54, 1.807) is 11.3 Å². The minimum atomic E-state index is -0.103. The average molecular weight is 540 g/mol. The Bertz CT molecular complexity index is 1580. The Morgan fingerprint density at radius 3 is 2.50 bits per heavy atom. The van der Waals surface area contributed by atoms with Crippen LogP contribution in [0.2, 0.25) is 0 Å². The highest BCUT2D eigenvalue weighted by Gasteiger charge is 2.16. The van der Waals surface area contributed by atoms with Crippen LogP contribution >= 0.6 is 23.1 Å². The van der Waals surface area contributed by atoms with Gasteiger partial charge in [0, 0.05) is 23.4 Å². The van der Waals surface area contributed by atoms with Crippen molar-refractivity contribution in [3.05, 3.63) is 90.5 Å². The summed E-state index contributed by atoms with van der Waals surface area (Å²) in [5.74, 6) is 1.35. The molecule has 8 heteroatoms. The fraction of sp³-hybridized carbons (Fsp3) is 0.200. The summed E-state index contributed by atoms with van der Waals surface area (Å²) in [5, 5.41) is 13.4. The molecule has 0 spiro atoms. The number of anilines is 1. The molecule has 0 fully saturated rings. The van der Waals surface area contributed by atoms with Crippen LogP contribution in [-0.2, 0) is 11.3 Å². The molecule has 3 aromatic carbocycles. The predicted octanol–water partition coefficient (Wildman–Crippen LogP) is 7.57. The van der Waals surface area contributed by atoms with E-state index in [0.29, 0.717) is 17.6 Å². The van der Waals surface area contributed by atoms with E-state index in [1.165, 1.54) is 27.6 Å². The molecule has 0 saturated heterocycles. The summed E-state index contributed by atoms with van der Waals surface area (Å²) < 4.78 is 3.17. The van der Waals surface area contributed by atoms with Crippen molar-refractivity contribution in [2.24, 2.45) is 0 Å². The quantitative estimate of drug-likeness (QED) is 0.154. The van der Waals surface area contributed by atoms with Gasteiger partial charge in [0.05, 0.1) is 16.0 Å². The Morgan fingerprint density at radius 1 is 1.05 bits per heavy atom. The SMILES string of the molecule is C=CCn1c(SCC(=O)Nc2ccc(-c3nc4ccc(C)cc4s3)cc2)nnc1-c1ccc(C(C)C)cc1. The van der Waals surface area contributed by atoms with E-state index in [1.807, 2.05) is 34.9 Å². The van der Waals surface area contributed by atoms with Gasteiger partial charge >= 0.3 is 0 Å². The minimum absolute atomic E-state index is 0.103. The number of hydrogen-bond donors (Lipinski definition) is 1. The van der Waals surface area contributed by atoms with E-state index in [9.17, 15) is 4.79 Å². The first-order valence-electron chi connectivity index (χ1n) is 12.5. The molecule has 0 saturated carbocycles. The second kappa shape index (κ2) is 11.3. The van der Waals surface area contributed by atoms with Crippen LogP contribution in [-0.4, -0.2) is 31.4 Å². The van der Waals surface area contributed by atoms with Gasteiger partial charge in [-0.3, -0.25) is 9.36 Å². The number of nitrogens with zero attached hydrogens (tertiary/aromatic N) is 4. The number of thioether (sulfide) groups is 1. The molecule has 6 nitrogen and oxygen atoms in total. The lowest BCUT2D eigenvalue weighted by Gasteiger charge is -2.10. The topological polar surface area (TPSA) is 72.7 Å². The van der Waals surface area contributed by atoms with Crippen LogP contribution in [0.3, 0.4) is 0 Å². The zero-order valence-electron chi connectivity index (χ0n) is 21.6. The summed E-state index contributed by atoms with van der Waals surface area (Å²) in [5.41, 5.74) is 6.27. The molecule has 5 rings (SSSR count). The summed E-state index contributed by atoms with van der Waals surface area (Å²) in [4.78, 5) is 17.5. The van der Waals surface area contributed by atoms with Crippen LogP contribution in [0.5, 0.6) is 0 Å². The monoisotopic (exact) mass is 539 g/mol. The number of amides is 1. The number of fused-ring (bicyclic) bond motifs is 1. The standard InChI is InChI=1S/C30H29N5OS2/c1-5-16-35-28(22-9-7-21(8-10-22)19(2)3)33-34-30(35)37-18-27(36)31-24-13-11-23(12-14-24)29-32-25-15-6-20(4)17-26(25)38-29/h5-15,17,19H,1,16,18H2,2-4H3,(H,31,36). The predicted molar refractivity (Wildman–Crippen MR) is 159 cm³/mol. The van der Waals surface area contributed by atoms with Crippen molar-refractivity contribution in [2.45, 2.75) is 38.4 Å². The zero-order chi connectivity index (χ0) is 26.6. The number of carbonyl (C=O) groups is 1. The number of nitrogens with one attached hydrogen (secondary N) is 1. The molecule has 38 heavy (non-hydrogen) atoms. The van der Waals surface area contributed by atoms with E-state index >= 15 is 0 Å². The lowest BCUT2D eigenvalue weighted by atomic mass is 10.0. The fourth-order valence-corrected chi connectivity index (χ4v) is 5.92. The highest BCUT2D eigenvalue weighted by molar-refractivity contribution is 7.99. The third-order valence-corrected chi connectivity index (χ3v) is 8.19. The molecule has 5 aromatic rings. The summed E-state index contributed by atoms with van der Waals surface area (Å²) in [7, 11) is 0. The Morgan fingerprint density at radius 2 is 1.79 bits per heavy atom. The van der Waals surface area contributed by atoms with E-state index in [4.69, 9.17) is 4.98 Å². The summed E-state index contributed by atoms with van der Waals surface area (Å²) in [6.45, 7) is 10.9. The van der Waals surface area contributed by atoms with Gasteiger partial charge in [-0.15, -0.1) is 28.1 Å². The summed E-state index contributed by atoms with van der Waals surface area (Å²) in [6, 6.07) is 22.5. The molecule has 192 valence electrons. The van der Waals surface area contributed by atoms with Crippen molar-refractivity contribution in [1.29, 1.82) is 0 Å². The second-order valence-corrected chi connectivity index (χ2v) is 11.4. The first-order valence-corrected chi connectivity index (χ1v) is 14.3. The van der Waals surface area contributed by atoms with Gasteiger partial charge in [-0.2, -0.15) is 0 Å². The van der Waals surface area contributed by atoms with Gasteiger partial charge in [0.25, 0.3) is 0 Å². The number of aryl methyl sites for hydroxylation is 1. The molecule has 0 atom stereocenters. The van der Waals surface area contributed by atoms with Gasteiger partial charge in [0.15, 0.2) is 11.0 Å². The van der Waals surface area contributed by atoms with Crippen LogP contribution in [0.4, 0.5) is 5.69 Å². The van der Waals surface area contributed by atoms with Crippen LogP contribution in [0.1, 0.15) is 30.9 Å². The van der Waals surface area contributed by atoms with Crippen LogP contribution in [0, 0.1) is 6.92 Å². The lowest BCUT2D eigenvalue weighted by Crippen LogP contribution is -2.14. The van der Waals surface area contributed by atoms with Crippen molar-refractivity contribution in [3.8, 4) is 22.0 Å². The number of allylic oxidation sites excluding steroid dienone is 1. The molecule has 1 N–H and O–H groups in total. The molecule has 0 aliphatic rings. The lowest BCUT2D eigenvalue weighted by molar-refractivity contribution is -0.113. The number of carbonyl (C=O) groups excluding carboxylic acids is 1. The highest BCUT2D eigenvalue weighted by atomic mass is 32.2. The van der Waals surface area contributed by atoms with E-state index in [0.717, 1.165) is 33.2 Å². The molecule has 0 aliphatic carbocycles. The smallest absolute Gasteiger partial charge is 0.234 e. The molecule has 2 heterocycles. The Labute approximate surface area is 230 Å². The van der Waals surface area contributed by atoms with Gasteiger partial charge in [0.1, 0.15) is 5.01 Å². The van der Waals surface area contributed by atoms with Gasteiger partial charge in [-0.1, -0.05) is 62.0 Å². The number of thiazole rings is 1.